The zero-order valence-electron chi connectivity index (χ0n) is 13.4. The maximum Gasteiger partial charge on any atom is 0.0611 e. The molecule has 1 saturated carbocycles. The van der Waals surface area contributed by atoms with Crippen LogP contribution in [-0.4, -0.2) is 60.0 Å². The van der Waals surface area contributed by atoms with Crippen LogP contribution in [0.4, 0.5) is 0 Å². The number of nitrogens with zero attached hydrogens (tertiary/aromatic N) is 1. The number of piperidine rings is 1. The molecule has 1 saturated heterocycles. The van der Waals surface area contributed by atoms with Gasteiger partial charge in [-0.25, -0.2) is 0 Å². The molecule has 2 atom stereocenters. The zero-order chi connectivity index (χ0) is 14.6. The lowest BCUT2D eigenvalue weighted by molar-refractivity contribution is 0.000334. The number of rotatable bonds is 8. The summed E-state index contributed by atoms with van der Waals surface area (Å²) in [4.78, 5) is 2.55. The summed E-state index contributed by atoms with van der Waals surface area (Å²) in [6.07, 6.45) is 6.29. The van der Waals surface area contributed by atoms with E-state index in [0.29, 0.717) is 18.2 Å². The molecule has 2 aliphatic rings. The highest BCUT2D eigenvalue weighted by molar-refractivity contribution is 4.94. The van der Waals surface area contributed by atoms with Crippen molar-refractivity contribution in [2.75, 3.05) is 26.3 Å². The number of hydrogen-bond acceptors (Lipinski definition) is 4. The second-order valence-corrected chi connectivity index (χ2v) is 6.88. The molecular weight excluding hydrogens is 252 g/mol. The van der Waals surface area contributed by atoms with Crippen LogP contribution in [0.1, 0.15) is 52.9 Å². The average Bonchev–Trinajstić information content (AvgIpc) is 3.23. The molecule has 4 nitrogen and oxygen atoms in total. The second kappa shape index (κ2) is 7.21. The van der Waals surface area contributed by atoms with Crippen LogP contribution >= 0.6 is 0 Å². The summed E-state index contributed by atoms with van der Waals surface area (Å²) < 4.78 is 5.71. The van der Waals surface area contributed by atoms with Gasteiger partial charge in [-0.2, -0.15) is 0 Å². The van der Waals surface area contributed by atoms with Crippen molar-refractivity contribution >= 4 is 0 Å². The van der Waals surface area contributed by atoms with E-state index < -0.39 is 0 Å². The molecule has 20 heavy (non-hydrogen) atoms. The summed E-state index contributed by atoms with van der Waals surface area (Å²) in [5, 5.41) is 13.3. The van der Waals surface area contributed by atoms with Gasteiger partial charge in [0.2, 0.25) is 0 Å². The average molecular weight is 284 g/mol. The molecule has 0 aromatic carbocycles. The van der Waals surface area contributed by atoms with Crippen LogP contribution < -0.4 is 5.32 Å². The van der Waals surface area contributed by atoms with E-state index in [0.717, 1.165) is 39.0 Å². The van der Waals surface area contributed by atoms with Crippen LogP contribution in [0.25, 0.3) is 0 Å². The monoisotopic (exact) mass is 284 g/mol. The van der Waals surface area contributed by atoms with Crippen molar-refractivity contribution in [2.24, 2.45) is 0 Å². The van der Waals surface area contributed by atoms with E-state index in [1.807, 2.05) is 0 Å². The molecule has 0 spiro atoms. The smallest absolute Gasteiger partial charge is 0.0611 e. The first-order chi connectivity index (χ1) is 9.56. The number of likely N-dealkylation sites (tertiary alicyclic amines) is 1. The van der Waals surface area contributed by atoms with E-state index in [-0.39, 0.29) is 12.1 Å². The van der Waals surface area contributed by atoms with Crippen LogP contribution in [0.2, 0.25) is 0 Å². The summed E-state index contributed by atoms with van der Waals surface area (Å²) in [6, 6.07) is 1.16. The molecule has 0 bridgehead atoms. The Hall–Kier alpha value is -0.160. The SMILES string of the molecule is CCOC1CCN(C(C)CC(C)(CO)NC2CC2)CC1. The molecule has 118 valence electrons. The van der Waals surface area contributed by atoms with Gasteiger partial charge in [-0.05, 0) is 52.9 Å². The molecule has 1 aliphatic heterocycles. The minimum atomic E-state index is -0.128. The molecule has 1 aliphatic carbocycles. The maximum absolute atomic E-state index is 9.72. The Morgan fingerprint density at radius 1 is 1.30 bits per heavy atom. The highest BCUT2D eigenvalue weighted by Crippen LogP contribution is 2.26. The van der Waals surface area contributed by atoms with Gasteiger partial charge < -0.3 is 20.1 Å². The number of aliphatic hydroxyl groups is 1. The van der Waals surface area contributed by atoms with Crippen molar-refractivity contribution in [1.29, 1.82) is 0 Å². The lowest BCUT2D eigenvalue weighted by Crippen LogP contribution is -2.52. The van der Waals surface area contributed by atoms with Gasteiger partial charge in [0, 0.05) is 37.3 Å². The summed E-state index contributed by atoms with van der Waals surface area (Å²) in [5.41, 5.74) is -0.128. The van der Waals surface area contributed by atoms with Crippen LogP contribution in [0.3, 0.4) is 0 Å². The van der Waals surface area contributed by atoms with Crippen molar-refractivity contribution in [3.05, 3.63) is 0 Å². The fraction of sp³-hybridized carbons (Fsp3) is 1.00. The first-order valence-corrected chi connectivity index (χ1v) is 8.30. The highest BCUT2D eigenvalue weighted by Gasteiger charge is 2.34. The lowest BCUT2D eigenvalue weighted by Gasteiger charge is -2.40. The maximum atomic E-state index is 9.72. The van der Waals surface area contributed by atoms with E-state index in [1.54, 1.807) is 0 Å². The highest BCUT2D eigenvalue weighted by atomic mass is 16.5. The first-order valence-electron chi connectivity index (χ1n) is 8.30. The molecule has 0 amide bonds. The molecule has 2 unspecified atom stereocenters. The molecule has 2 fully saturated rings. The molecule has 4 heteroatoms. The van der Waals surface area contributed by atoms with Gasteiger partial charge in [-0.3, -0.25) is 0 Å². The van der Waals surface area contributed by atoms with Gasteiger partial charge in [0.1, 0.15) is 0 Å². The fourth-order valence-corrected chi connectivity index (χ4v) is 3.39. The summed E-state index contributed by atoms with van der Waals surface area (Å²) >= 11 is 0. The van der Waals surface area contributed by atoms with Crippen molar-refractivity contribution < 1.29 is 9.84 Å². The largest absolute Gasteiger partial charge is 0.394 e. The Balaban J connectivity index is 1.77. The van der Waals surface area contributed by atoms with Crippen LogP contribution in [0.15, 0.2) is 0 Å². The molecule has 2 rings (SSSR count). The topological polar surface area (TPSA) is 44.7 Å². The van der Waals surface area contributed by atoms with Crippen LogP contribution in [0, 0.1) is 0 Å². The molecular formula is C16H32N2O2. The Morgan fingerprint density at radius 2 is 1.95 bits per heavy atom. The summed E-state index contributed by atoms with van der Waals surface area (Å²) in [6.45, 7) is 9.83. The Kier molecular flexibility index (Phi) is 5.84. The summed E-state index contributed by atoms with van der Waals surface area (Å²) in [7, 11) is 0. The van der Waals surface area contributed by atoms with E-state index in [1.165, 1.54) is 12.8 Å². The Morgan fingerprint density at radius 3 is 2.45 bits per heavy atom. The predicted octanol–water partition coefficient (Wildman–Crippen LogP) is 1.77. The van der Waals surface area contributed by atoms with Gasteiger partial charge in [0.05, 0.1) is 12.7 Å². The third-order valence-corrected chi connectivity index (χ3v) is 4.73. The molecule has 0 radical (unpaired) electrons. The van der Waals surface area contributed by atoms with Crippen molar-refractivity contribution in [3.8, 4) is 0 Å². The number of hydrogen-bond donors (Lipinski definition) is 2. The molecule has 0 aromatic heterocycles. The van der Waals surface area contributed by atoms with E-state index in [2.05, 4.69) is 31.0 Å². The Bertz CT molecular complexity index is 288. The standard InChI is InChI=1S/C16H32N2O2/c1-4-20-15-7-9-18(10-8-15)13(2)11-16(3,12-19)17-14-5-6-14/h13-15,17,19H,4-12H2,1-3H3. The third-order valence-electron chi connectivity index (χ3n) is 4.73. The second-order valence-electron chi connectivity index (χ2n) is 6.88. The predicted molar refractivity (Wildman–Crippen MR) is 81.9 cm³/mol. The fourth-order valence-electron chi connectivity index (χ4n) is 3.39. The van der Waals surface area contributed by atoms with E-state index >= 15 is 0 Å². The molecule has 2 N–H and O–H groups in total. The molecule has 1 heterocycles. The Labute approximate surface area is 123 Å². The van der Waals surface area contributed by atoms with E-state index in [9.17, 15) is 5.11 Å². The van der Waals surface area contributed by atoms with Gasteiger partial charge in [-0.15, -0.1) is 0 Å². The van der Waals surface area contributed by atoms with Gasteiger partial charge in [-0.1, -0.05) is 0 Å². The van der Waals surface area contributed by atoms with Crippen molar-refractivity contribution in [2.45, 2.75) is 76.6 Å². The van der Waals surface area contributed by atoms with Gasteiger partial charge >= 0.3 is 0 Å². The quantitative estimate of drug-likeness (QED) is 0.713. The lowest BCUT2D eigenvalue weighted by atomic mass is 9.92. The van der Waals surface area contributed by atoms with Crippen LogP contribution in [0.5, 0.6) is 0 Å². The van der Waals surface area contributed by atoms with Crippen LogP contribution in [-0.2, 0) is 4.74 Å². The van der Waals surface area contributed by atoms with Gasteiger partial charge in [0.15, 0.2) is 0 Å². The van der Waals surface area contributed by atoms with Crippen molar-refractivity contribution in [3.63, 3.8) is 0 Å². The minimum absolute atomic E-state index is 0.128. The molecule has 0 aromatic rings. The van der Waals surface area contributed by atoms with Crippen molar-refractivity contribution in [1.82, 2.24) is 10.2 Å². The number of nitrogens with one attached hydrogen (secondary N) is 1. The van der Waals surface area contributed by atoms with Gasteiger partial charge in [0.25, 0.3) is 0 Å². The normalized spacial score (nSPS) is 26.4. The first kappa shape index (κ1) is 16.2. The summed E-state index contributed by atoms with van der Waals surface area (Å²) in [5.74, 6) is 0. The third kappa shape index (κ3) is 4.69. The number of ether oxygens (including phenoxy) is 1. The minimum Gasteiger partial charge on any atom is -0.394 e. The van der Waals surface area contributed by atoms with E-state index in [4.69, 9.17) is 4.74 Å². The zero-order valence-corrected chi connectivity index (χ0v) is 13.4. The number of aliphatic hydroxyl groups excluding tert-OH is 1.